The summed E-state index contributed by atoms with van der Waals surface area (Å²) in [6.07, 6.45) is 0.674. The van der Waals surface area contributed by atoms with Crippen LogP contribution in [-0.2, 0) is 4.74 Å². The smallest absolute Gasteiger partial charge is 0.425 e. The molecule has 0 aliphatic rings. The fraction of sp³-hybridized carbons (Fsp3) is 0.0833. The van der Waals surface area contributed by atoms with E-state index in [1.807, 2.05) is 35.8 Å². The number of benzene rings is 1. The highest BCUT2D eigenvalue weighted by Gasteiger charge is 2.08. The number of carbonyl (C=O) groups excluding carboxylic acids is 2. The molecule has 21 heavy (non-hydrogen) atoms. The zero-order valence-electron chi connectivity index (χ0n) is 11.0. The van der Waals surface area contributed by atoms with E-state index in [0.29, 0.717) is 5.69 Å². The fourth-order valence-electron chi connectivity index (χ4n) is 1.40. The van der Waals surface area contributed by atoms with Gasteiger partial charge in [0.15, 0.2) is 0 Å². The van der Waals surface area contributed by atoms with E-state index < -0.39 is 12.1 Å². The number of urea groups is 1. The van der Waals surface area contributed by atoms with Gasteiger partial charge < -0.3 is 4.74 Å². The molecule has 2 aromatic rings. The molecule has 1 aromatic heterocycles. The van der Waals surface area contributed by atoms with Gasteiger partial charge in [0.2, 0.25) is 0 Å². The van der Waals surface area contributed by atoms with Crippen molar-refractivity contribution in [3.8, 4) is 11.3 Å². The molecule has 0 saturated carbocycles. The van der Waals surface area contributed by atoms with E-state index in [4.69, 9.17) is 0 Å². The van der Waals surface area contributed by atoms with Crippen LogP contribution in [0.2, 0.25) is 0 Å². The second kappa shape index (κ2) is 6.80. The Hall–Kier alpha value is -3.23. The van der Waals surface area contributed by atoms with Crippen LogP contribution in [0, 0.1) is 0 Å². The largest absolute Gasteiger partial charge is 0.452 e. The van der Waals surface area contributed by atoms with Crippen LogP contribution in [0.15, 0.2) is 36.5 Å². The molecule has 0 fully saturated rings. The van der Waals surface area contributed by atoms with Crippen molar-refractivity contribution in [2.24, 2.45) is 0 Å². The number of amides is 3. The molecule has 0 atom stereocenters. The average molecular weight is 288 g/mol. The third-order valence-corrected chi connectivity index (χ3v) is 2.32. The predicted octanol–water partition coefficient (Wildman–Crippen LogP) is 0.931. The summed E-state index contributed by atoms with van der Waals surface area (Å²) in [6, 6.07) is 8.57. The van der Waals surface area contributed by atoms with Gasteiger partial charge in [0, 0.05) is 5.56 Å². The number of aromatic nitrogens is 3. The molecule has 0 spiro atoms. The Kier molecular flexibility index (Phi) is 4.59. The number of methoxy groups -OCH3 is 1. The van der Waals surface area contributed by atoms with Crippen LogP contribution in [0.25, 0.3) is 11.3 Å². The molecule has 1 aromatic carbocycles. The maximum atomic E-state index is 11.5. The van der Waals surface area contributed by atoms with Crippen molar-refractivity contribution >= 4 is 18.1 Å². The van der Waals surface area contributed by atoms with Gasteiger partial charge in [-0.1, -0.05) is 30.3 Å². The van der Waals surface area contributed by atoms with Crippen molar-refractivity contribution in [2.45, 2.75) is 0 Å². The van der Waals surface area contributed by atoms with E-state index in [1.54, 1.807) is 0 Å². The molecular formula is C12H12N6O3. The number of hydrazine groups is 1. The van der Waals surface area contributed by atoms with Gasteiger partial charge >= 0.3 is 12.1 Å². The minimum Gasteiger partial charge on any atom is -0.452 e. The lowest BCUT2D eigenvalue weighted by Crippen LogP contribution is -2.44. The zero-order valence-corrected chi connectivity index (χ0v) is 11.0. The Bertz CT molecular complexity index is 634. The van der Waals surface area contributed by atoms with Crippen molar-refractivity contribution in [1.82, 2.24) is 26.0 Å². The van der Waals surface area contributed by atoms with Crippen molar-refractivity contribution < 1.29 is 14.3 Å². The SMILES string of the molecule is COC(=O)NNC(=O)Nc1nncc(-c2ccccc2)n1. The van der Waals surface area contributed by atoms with Crippen molar-refractivity contribution in [2.75, 3.05) is 12.4 Å². The van der Waals surface area contributed by atoms with Gasteiger partial charge in [0.25, 0.3) is 5.95 Å². The summed E-state index contributed by atoms with van der Waals surface area (Å²) in [7, 11) is 1.17. The number of rotatable bonds is 2. The zero-order chi connectivity index (χ0) is 15.1. The molecule has 108 valence electrons. The second-order valence-corrected chi connectivity index (χ2v) is 3.73. The normalized spacial score (nSPS) is 9.57. The summed E-state index contributed by atoms with van der Waals surface area (Å²) >= 11 is 0. The van der Waals surface area contributed by atoms with Gasteiger partial charge in [-0.15, -0.1) is 5.10 Å². The van der Waals surface area contributed by atoms with Crippen molar-refractivity contribution in [3.63, 3.8) is 0 Å². The number of anilines is 1. The molecule has 0 radical (unpaired) electrons. The molecular weight excluding hydrogens is 276 g/mol. The van der Waals surface area contributed by atoms with Gasteiger partial charge in [0.1, 0.15) is 0 Å². The molecule has 0 unspecified atom stereocenters. The lowest BCUT2D eigenvalue weighted by molar-refractivity contribution is 0.166. The summed E-state index contributed by atoms with van der Waals surface area (Å²) in [4.78, 5) is 26.4. The molecule has 9 nitrogen and oxygen atoms in total. The summed E-state index contributed by atoms with van der Waals surface area (Å²) < 4.78 is 4.29. The molecule has 1 heterocycles. The maximum Gasteiger partial charge on any atom is 0.425 e. The van der Waals surface area contributed by atoms with Crippen molar-refractivity contribution in [1.29, 1.82) is 0 Å². The van der Waals surface area contributed by atoms with Crippen LogP contribution in [0.4, 0.5) is 15.5 Å². The Labute approximate surface area is 119 Å². The van der Waals surface area contributed by atoms with E-state index in [2.05, 4.69) is 30.7 Å². The highest BCUT2D eigenvalue weighted by Crippen LogP contribution is 2.15. The molecule has 0 aliphatic heterocycles. The fourth-order valence-corrected chi connectivity index (χ4v) is 1.40. The van der Waals surface area contributed by atoms with E-state index in [1.165, 1.54) is 13.3 Å². The summed E-state index contributed by atoms with van der Waals surface area (Å²) in [5.41, 5.74) is 5.45. The Balaban J connectivity index is 2.01. The lowest BCUT2D eigenvalue weighted by Gasteiger charge is -2.07. The minimum absolute atomic E-state index is 0.000480. The standard InChI is InChI=1S/C12H12N6O3/c1-21-12(20)18-17-11(19)15-10-14-9(7-13-16-10)8-5-3-2-4-6-8/h2-7H,1H3,(H,18,20)(H2,14,15,16,17,19). The van der Waals surface area contributed by atoms with Crippen LogP contribution in [0.5, 0.6) is 0 Å². The van der Waals surface area contributed by atoms with Gasteiger partial charge in [-0.05, 0) is 0 Å². The summed E-state index contributed by atoms with van der Waals surface area (Å²) in [5.74, 6) is 0.000480. The topological polar surface area (TPSA) is 118 Å². The van der Waals surface area contributed by atoms with Gasteiger partial charge in [-0.2, -0.15) is 5.10 Å². The summed E-state index contributed by atoms with van der Waals surface area (Å²) in [6.45, 7) is 0. The highest BCUT2D eigenvalue weighted by molar-refractivity contribution is 5.88. The Morgan fingerprint density at radius 2 is 1.90 bits per heavy atom. The number of carbonyl (C=O) groups is 2. The molecule has 0 bridgehead atoms. The van der Waals surface area contributed by atoms with Gasteiger partial charge in [0.05, 0.1) is 19.0 Å². The lowest BCUT2D eigenvalue weighted by atomic mass is 10.2. The van der Waals surface area contributed by atoms with E-state index in [0.717, 1.165) is 5.56 Å². The first kappa shape index (κ1) is 14.2. The molecule has 9 heteroatoms. The van der Waals surface area contributed by atoms with Crippen molar-refractivity contribution in [3.05, 3.63) is 36.5 Å². The average Bonchev–Trinajstić information content (AvgIpc) is 2.53. The number of hydrogen-bond acceptors (Lipinski definition) is 6. The number of nitrogens with zero attached hydrogens (tertiary/aromatic N) is 3. The molecule has 2 rings (SSSR count). The second-order valence-electron chi connectivity index (χ2n) is 3.73. The number of hydrogen-bond donors (Lipinski definition) is 3. The predicted molar refractivity (Wildman–Crippen MR) is 73.0 cm³/mol. The summed E-state index contributed by atoms with van der Waals surface area (Å²) in [5, 5.41) is 9.76. The molecule has 0 saturated heterocycles. The monoisotopic (exact) mass is 288 g/mol. The van der Waals surface area contributed by atoms with Crippen LogP contribution >= 0.6 is 0 Å². The van der Waals surface area contributed by atoms with Gasteiger partial charge in [-0.25, -0.2) is 25.4 Å². The highest BCUT2D eigenvalue weighted by atomic mass is 16.5. The Morgan fingerprint density at radius 1 is 1.14 bits per heavy atom. The maximum absolute atomic E-state index is 11.5. The van der Waals surface area contributed by atoms with E-state index in [9.17, 15) is 9.59 Å². The minimum atomic E-state index is -0.803. The van der Waals surface area contributed by atoms with Crippen LogP contribution in [0.3, 0.4) is 0 Å². The van der Waals surface area contributed by atoms with E-state index in [-0.39, 0.29) is 5.95 Å². The first-order valence-electron chi connectivity index (χ1n) is 5.85. The molecule has 3 amide bonds. The van der Waals surface area contributed by atoms with Gasteiger partial charge in [-0.3, -0.25) is 5.32 Å². The quantitative estimate of drug-likeness (QED) is 0.707. The first-order chi connectivity index (χ1) is 10.2. The number of nitrogens with one attached hydrogen (secondary N) is 3. The third kappa shape index (κ3) is 4.13. The first-order valence-corrected chi connectivity index (χ1v) is 5.85. The third-order valence-electron chi connectivity index (χ3n) is 2.32. The van der Waals surface area contributed by atoms with Crippen LogP contribution in [0.1, 0.15) is 0 Å². The van der Waals surface area contributed by atoms with Crippen LogP contribution < -0.4 is 16.2 Å². The molecule has 0 aliphatic carbocycles. The van der Waals surface area contributed by atoms with Crippen LogP contribution in [-0.4, -0.2) is 34.4 Å². The van der Waals surface area contributed by atoms with E-state index >= 15 is 0 Å². The number of ether oxygens (including phenoxy) is 1. The molecule has 3 N–H and O–H groups in total. The Morgan fingerprint density at radius 3 is 2.62 bits per heavy atom.